The van der Waals surface area contributed by atoms with Crippen LogP contribution in [0.25, 0.3) is 0 Å². The number of aryl methyl sites for hydroxylation is 2. The molecule has 0 aromatic heterocycles. The maximum Gasteiger partial charge on any atom is 0.313 e. The molecule has 0 aliphatic carbocycles. The molecule has 1 fully saturated rings. The summed E-state index contributed by atoms with van der Waals surface area (Å²) < 4.78 is 0. The van der Waals surface area contributed by atoms with Gasteiger partial charge in [0.15, 0.2) is 0 Å². The van der Waals surface area contributed by atoms with Gasteiger partial charge in [-0.05, 0) is 75.0 Å². The zero-order chi connectivity index (χ0) is 22.5. The lowest BCUT2D eigenvalue weighted by molar-refractivity contribution is -0.136. The molecule has 2 aliphatic heterocycles. The largest absolute Gasteiger partial charge is 0.374 e. The van der Waals surface area contributed by atoms with Crippen LogP contribution in [0.5, 0.6) is 0 Å². The monoisotopic (exact) mass is 434 g/mol. The van der Waals surface area contributed by atoms with E-state index in [9.17, 15) is 9.59 Å². The zero-order valence-corrected chi connectivity index (χ0v) is 19.2. The van der Waals surface area contributed by atoms with E-state index in [2.05, 4.69) is 45.7 Å². The molecule has 2 aromatic carbocycles. The summed E-state index contributed by atoms with van der Waals surface area (Å²) >= 11 is 0. The molecule has 32 heavy (non-hydrogen) atoms. The minimum atomic E-state index is -0.627. The number of nitrogens with one attached hydrogen (secondary N) is 2. The molecule has 170 valence electrons. The first-order valence-corrected chi connectivity index (χ1v) is 11.7. The third-order valence-electron chi connectivity index (χ3n) is 6.64. The number of hydrogen-bond donors (Lipinski definition) is 2. The lowest BCUT2D eigenvalue weighted by Crippen LogP contribution is -2.43. The van der Waals surface area contributed by atoms with Crippen LogP contribution < -0.4 is 15.5 Å². The second-order valence-corrected chi connectivity index (χ2v) is 9.06. The molecule has 2 aliphatic rings. The van der Waals surface area contributed by atoms with E-state index in [1.807, 2.05) is 19.1 Å². The lowest BCUT2D eigenvalue weighted by Gasteiger charge is -2.36. The number of rotatable bonds is 5. The molecule has 6 nitrogen and oxygen atoms in total. The van der Waals surface area contributed by atoms with Crippen LogP contribution in [0.3, 0.4) is 0 Å². The number of carbonyl (C=O) groups excluding carboxylic acids is 2. The van der Waals surface area contributed by atoms with Crippen LogP contribution in [0, 0.1) is 6.92 Å². The molecule has 6 heteroatoms. The van der Waals surface area contributed by atoms with E-state index >= 15 is 0 Å². The number of anilines is 2. The first-order chi connectivity index (χ1) is 15.5. The number of likely N-dealkylation sites (tertiary alicyclic amines) is 1. The van der Waals surface area contributed by atoms with Gasteiger partial charge in [0, 0.05) is 31.5 Å². The van der Waals surface area contributed by atoms with Gasteiger partial charge < -0.3 is 15.5 Å². The second kappa shape index (κ2) is 10.2. The number of benzene rings is 2. The number of fused-ring (bicyclic) bond motifs is 1. The van der Waals surface area contributed by atoms with Crippen LogP contribution in [0.1, 0.15) is 48.4 Å². The van der Waals surface area contributed by atoms with Crippen molar-refractivity contribution in [1.82, 2.24) is 10.2 Å². The maximum absolute atomic E-state index is 12.6. The van der Waals surface area contributed by atoms with E-state index in [1.165, 1.54) is 36.1 Å². The van der Waals surface area contributed by atoms with Crippen LogP contribution in [-0.4, -0.2) is 49.9 Å². The van der Waals surface area contributed by atoms with E-state index in [4.69, 9.17) is 0 Å². The highest BCUT2D eigenvalue weighted by molar-refractivity contribution is 6.39. The first kappa shape index (κ1) is 22.3. The van der Waals surface area contributed by atoms with Gasteiger partial charge in [-0.25, -0.2) is 0 Å². The van der Waals surface area contributed by atoms with Crippen molar-refractivity contribution < 1.29 is 9.59 Å². The number of hydrogen-bond acceptors (Lipinski definition) is 4. The summed E-state index contributed by atoms with van der Waals surface area (Å²) in [6.07, 6.45) is 5.85. The van der Waals surface area contributed by atoms with Crippen LogP contribution in [0.15, 0.2) is 42.5 Å². The van der Waals surface area contributed by atoms with Gasteiger partial charge in [-0.3, -0.25) is 14.5 Å². The fraction of sp³-hybridized carbons (Fsp3) is 0.462. The van der Waals surface area contributed by atoms with Crippen molar-refractivity contribution in [3.05, 3.63) is 59.2 Å². The fourth-order valence-electron chi connectivity index (χ4n) is 4.79. The Balaban J connectivity index is 1.45. The van der Waals surface area contributed by atoms with Gasteiger partial charge in [0.2, 0.25) is 0 Å². The predicted octanol–water partition coefficient (Wildman–Crippen LogP) is 3.66. The minimum Gasteiger partial charge on any atom is -0.374 e. The third kappa shape index (κ3) is 5.30. The van der Waals surface area contributed by atoms with Crippen molar-refractivity contribution in [3.63, 3.8) is 0 Å². The van der Waals surface area contributed by atoms with Gasteiger partial charge in [0.1, 0.15) is 0 Å². The summed E-state index contributed by atoms with van der Waals surface area (Å²) in [5.41, 5.74) is 5.64. The van der Waals surface area contributed by atoms with Gasteiger partial charge in [-0.1, -0.05) is 36.2 Å². The predicted molar refractivity (Wildman–Crippen MR) is 129 cm³/mol. The minimum absolute atomic E-state index is 0.0731. The van der Waals surface area contributed by atoms with E-state index in [0.29, 0.717) is 12.2 Å². The van der Waals surface area contributed by atoms with E-state index in [0.717, 1.165) is 38.0 Å². The maximum atomic E-state index is 12.6. The van der Waals surface area contributed by atoms with Gasteiger partial charge in [-0.15, -0.1) is 0 Å². The Hall–Kier alpha value is -2.86. The number of nitrogens with zero attached hydrogens (tertiary/aromatic N) is 2. The van der Waals surface area contributed by atoms with Crippen LogP contribution in [0.4, 0.5) is 11.4 Å². The average Bonchev–Trinajstić information content (AvgIpc) is 2.81. The molecule has 1 saturated heterocycles. The van der Waals surface area contributed by atoms with Crippen molar-refractivity contribution in [3.8, 4) is 0 Å². The summed E-state index contributed by atoms with van der Waals surface area (Å²) in [6.45, 7) is 5.54. The Labute approximate surface area is 191 Å². The average molecular weight is 435 g/mol. The third-order valence-corrected chi connectivity index (χ3v) is 6.64. The number of piperidine rings is 1. The summed E-state index contributed by atoms with van der Waals surface area (Å²) in [6, 6.07) is 14.2. The van der Waals surface area contributed by atoms with Gasteiger partial charge in [0.05, 0.1) is 6.04 Å². The van der Waals surface area contributed by atoms with E-state index < -0.39 is 11.8 Å². The van der Waals surface area contributed by atoms with Crippen molar-refractivity contribution in [2.24, 2.45) is 0 Å². The molecule has 1 atom stereocenters. The molecule has 0 spiro atoms. The highest BCUT2D eigenvalue weighted by Crippen LogP contribution is 2.31. The van der Waals surface area contributed by atoms with Crippen LogP contribution in [0.2, 0.25) is 0 Å². The molecule has 1 unspecified atom stereocenters. The normalized spacial score (nSPS) is 17.4. The standard InChI is InChI=1S/C26H34N4O2/c1-19-8-11-22(12-9-19)28-26(32)25(31)27-18-24(30-15-4-3-5-16-30)21-10-13-23-20(17-21)7-6-14-29(23)2/h8-13,17,24H,3-7,14-16,18H2,1-2H3,(H,27,31)(H,28,32). The van der Waals surface area contributed by atoms with Crippen molar-refractivity contribution >= 4 is 23.2 Å². The summed E-state index contributed by atoms with van der Waals surface area (Å²) in [5.74, 6) is -1.22. The smallest absolute Gasteiger partial charge is 0.313 e. The molecule has 4 rings (SSSR count). The topological polar surface area (TPSA) is 64.7 Å². The van der Waals surface area contributed by atoms with Gasteiger partial charge >= 0.3 is 11.8 Å². The van der Waals surface area contributed by atoms with Gasteiger partial charge in [0.25, 0.3) is 0 Å². The first-order valence-electron chi connectivity index (χ1n) is 11.7. The quantitative estimate of drug-likeness (QED) is 0.705. The summed E-state index contributed by atoms with van der Waals surface area (Å²) in [5, 5.41) is 5.58. The number of carbonyl (C=O) groups is 2. The molecule has 2 amide bonds. The SMILES string of the molecule is Cc1ccc(NC(=O)C(=O)NCC(c2ccc3c(c2)CCCN3C)N2CCCCC2)cc1. The molecular weight excluding hydrogens is 400 g/mol. The fourth-order valence-corrected chi connectivity index (χ4v) is 4.79. The lowest BCUT2D eigenvalue weighted by atomic mass is 9.95. The second-order valence-electron chi connectivity index (χ2n) is 9.06. The van der Waals surface area contributed by atoms with Crippen molar-refractivity contribution in [2.45, 2.75) is 45.1 Å². The van der Waals surface area contributed by atoms with Crippen molar-refractivity contribution in [2.75, 3.05) is 43.4 Å². The molecule has 2 N–H and O–H groups in total. The molecule has 0 saturated carbocycles. The Bertz CT molecular complexity index is 951. The summed E-state index contributed by atoms with van der Waals surface area (Å²) in [4.78, 5) is 29.7. The summed E-state index contributed by atoms with van der Waals surface area (Å²) in [7, 11) is 2.15. The Morgan fingerprint density at radius 1 is 0.938 bits per heavy atom. The number of amides is 2. The van der Waals surface area contributed by atoms with Crippen LogP contribution >= 0.6 is 0 Å². The highest BCUT2D eigenvalue weighted by atomic mass is 16.2. The molecule has 2 aromatic rings. The molecule has 2 heterocycles. The Morgan fingerprint density at radius 2 is 1.69 bits per heavy atom. The van der Waals surface area contributed by atoms with Crippen LogP contribution in [-0.2, 0) is 16.0 Å². The van der Waals surface area contributed by atoms with E-state index in [1.54, 1.807) is 12.1 Å². The van der Waals surface area contributed by atoms with Crippen molar-refractivity contribution in [1.29, 1.82) is 0 Å². The Kier molecular flexibility index (Phi) is 7.10. The van der Waals surface area contributed by atoms with E-state index in [-0.39, 0.29) is 6.04 Å². The zero-order valence-electron chi connectivity index (χ0n) is 19.2. The Morgan fingerprint density at radius 3 is 2.44 bits per heavy atom. The van der Waals surface area contributed by atoms with Gasteiger partial charge in [-0.2, -0.15) is 0 Å². The highest BCUT2D eigenvalue weighted by Gasteiger charge is 2.25. The molecular formula is C26H34N4O2. The molecule has 0 radical (unpaired) electrons. The molecule has 0 bridgehead atoms.